The molecule has 0 aliphatic carbocycles. The fourth-order valence-corrected chi connectivity index (χ4v) is 2.80. The van der Waals surface area contributed by atoms with Gasteiger partial charge in [0.1, 0.15) is 0 Å². The standard InChI is InChI=1S/C16H23ClN4OS/c1-12-4-5-13(10-14(12)17)18-16(23)21-8-6-20(7-9-21)11-15(22)19(2)3/h4-5,10H,6-9,11H2,1-3H3,(H,18,23). The van der Waals surface area contributed by atoms with Gasteiger partial charge in [-0.3, -0.25) is 9.69 Å². The van der Waals surface area contributed by atoms with E-state index in [9.17, 15) is 4.79 Å². The van der Waals surface area contributed by atoms with Gasteiger partial charge in [-0.1, -0.05) is 17.7 Å². The summed E-state index contributed by atoms with van der Waals surface area (Å²) in [6.45, 7) is 5.72. The van der Waals surface area contributed by atoms with E-state index in [1.165, 1.54) is 0 Å². The number of anilines is 1. The average molecular weight is 355 g/mol. The lowest BCUT2D eigenvalue weighted by atomic mass is 10.2. The second kappa shape index (κ2) is 7.95. The minimum absolute atomic E-state index is 0.133. The molecule has 1 aliphatic heterocycles. The van der Waals surface area contributed by atoms with Crippen molar-refractivity contribution in [3.8, 4) is 0 Å². The van der Waals surface area contributed by atoms with Crippen LogP contribution in [0.5, 0.6) is 0 Å². The fourth-order valence-electron chi connectivity index (χ4n) is 2.31. The Bertz CT molecular complexity index is 585. The molecule has 1 saturated heterocycles. The summed E-state index contributed by atoms with van der Waals surface area (Å²) in [6, 6.07) is 5.83. The van der Waals surface area contributed by atoms with E-state index in [0.29, 0.717) is 11.7 Å². The van der Waals surface area contributed by atoms with Gasteiger partial charge in [0.25, 0.3) is 0 Å². The lowest BCUT2D eigenvalue weighted by Gasteiger charge is -2.36. The molecule has 1 fully saturated rings. The summed E-state index contributed by atoms with van der Waals surface area (Å²) in [4.78, 5) is 17.7. The highest BCUT2D eigenvalue weighted by molar-refractivity contribution is 7.80. The Morgan fingerprint density at radius 2 is 1.96 bits per heavy atom. The highest BCUT2D eigenvalue weighted by atomic mass is 35.5. The largest absolute Gasteiger partial charge is 0.348 e. The summed E-state index contributed by atoms with van der Waals surface area (Å²) >= 11 is 11.6. The molecule has 1 amide bonds. The molecule has 1 N–H and O–H groups in total. The minimum Gasteiger partial charge on any atom is -0.348 e. The number of hydrogen-bond donors (Lipinski definition) is 1. The first-order chi connectivity index (χ1) is 10.9. The van der Waals surface area contributed by atoms with E-state index in [2.05, 4.69) is 15.1 Å². The number of nitrogens with one attached hydrogen (secondary N) is 1. The zero-order valence-electron chi connectivity index (χ0n) is 13.8. The van der Waals surface area contributed by atoms with E-state index in [1.807, 2.05) is 25.1 Å². The van der Waals surface area contributed by atoms with Crippen LogP contribution in [-0.2, 0) is 4.79 Å². The van der Waals surface area contributed by atoms with Crippen molar-refractivity contribution in [3.63, 3.8) is 0 Å². The van der Waals surface area contributed by atoms with Crippen LogP contribution in [0.25, 0.3) is 0 Å². The Labute approximate surface area is 148 Å². The first-order valence-electron chi connectivity index (χ1n) is 7.61. The van der Waals surface area contributed by atoms with E-state index >= 15 is 0 Å². The second-order valence-corrected chi connectivity index (χ2v) is 6.74. The van der Waals surface area contributed by atoms with Crippen molar-refractivity contribution < 1.29 is 4.79 Å². The molecular weight excluding hydrogens is 332 g/mol. The fraction of sp³-hybridized carbons (Fsp3) is 0.500. The van der Waals surface area contributed by atoms with Gasteiger partial charge in [0, 0.05) is 51.0 Å². The summed E-state index contributed by atoms with van der Waals surface area (Å²) in [5.74, 6) is 0.133. The molecule has 1 heterocycles. The van der Waals surface area contributed by atoms with Crippen LogP contribution >= 0.6 is 23.8 Å². The minimum atomic E-state index is 0.133. The molecule has 126 valence electrons. The molecule has 23 heavy (non-hydrogen) atoms. The van der Waals surface area contributed by atoms with Gasteiger partial charge in [-0.05, 0) is 36.8 Å². The van der Waals surface area contributed by atoms with Crippen LogP contribution < -0.4 is 5.32 Å². The Balaban J connectivity index is 1.83. The van der Waals surface area contributed by atoms with Gasteiger partial charge in [-0.25, -0.2) is 0 Å². The molecule has 1 aromatic rings. The SMILES string of the molecule is Cc1ccc(NC(=S)N2CCN(CC(=O)N(C)C)CC2)cc1Cl. The highest BCUT2D eigenvalue weighted by Gasteiger charge is 2.21. The van der Waals surface area contributed by atoms with Crippen LogP contribution in [0.15, 0.2) is 18.2 Å². The molecule has 5 nitrogen and oxygen atoms in total. The number of rotatable bonds is 3. The van der Waals surface area contributed by atoms with Gasteiger partial charge < -0.3 is 15.1 Å². The maximum Gasteiger partial charge on any atom is 0.236 e. The molecule has 0 spiro atoms. The molecule has 7 heteroatoms. The van der Waals surface area contributed by atoms with Gasteiger partial charge in [-0.15, -0.1) is 0 Å². The van der Waals surface area contributed by atoms with Gasteiger partial charge >= 0.3 is 0 Å². The van der Waals surface area contributed by atoms with Crippen molar-refractivity contribution in [1.29, 1.82) is 0 Å². The van der Waals surface area contributed by atoms with Gasteiger partial charge in [0.15, 0.2) is 5.11 Å². The topological polar surface area (TPSA) is 38.8 Å². The molecule has 0 aromatic heterocycles. The van der Waals surface area contributed by atoms with Crippen molar-refractivity contribution >= 4 is 40.5 Å². The third-order valence-electron chi connectivity index (χ3n) is 3.94. The van der Waals surface area contributed by atoms with Gasteiger partial charge in [0.2, 0.25) is 5.91 Å². The monoisotopic (exact) mass is 354 g/mol. The maximum absolute atomic E-state index is 11.7. The number of amides is 1. The summed E-state index contributed by atoms with van der Waals surface area (Å²) < 4.78 is 0. The summed E-state index contributed by atoms with van der Waals surface area (Å²) in [5, 5.41) is 4.66. The zero-order chi connectivity index (χ0) is 17.0. The third-order valence-corrected chi connectivity index (χ3v) is 4.71. The van der Waals surface area contributed by atoms with Crippen LogP contribution in [0.2, 0.25) is 5.02 Å². The number of nitrogens with zero attached hydrogens (tertiary/aromatic N) is 3. The first-order valence-corrected chi connectivity index (χ1v) is 8.40. The molecule has 0 atom stereocenters. The molecule has 0 radical (unpaired) electrons. The van der Waals surface area contributed by atoms with E-state index in [0.717, 1.165) is 42.5 Å². The normalized spacial score (nSPS) is 15.4. The number of hydrogen-bond acceptors (Lipinski definition) is 3. The van der Waals surface area contributed by atoms with Crippen LogP contribution in [0.4, 0.5) is 5.69 Å². The first kappa shape index (κ1) is 18.0. The third kappa shape index (κ3) is 5.06. The van der Waals surface area contributed by atoms with E-state index in [-0.39, 0.29) is 5.91 Å². The summed E-state index contributed by atoms with van der Waals surface area (Å²) in [5.41, 5.74) is 1.94. The van der Waals surface area contributed by atoms with Crippen molar-refractivity contribution in [2.24, 2.45) is 0 Å². The van der Waals surface area contributed by atoms with E-state index < -0.39 is 0 Å². The molecular formula is C16H23ClN4OS. The summed E-state index contributed by atoms with van der Waals surface area (Å²) in [6.07, 6.45) is 0. The number of aryl methyl sites for hydroxylation is 1. The average Bonchev–Trinajstić information content (AvgIpc) is 2.51. The van der Waals surface area contributed by atoms with Crippen molar-refractivity contribution in [1.82, 2.24) is 14.7 Å². The molecule has 0 unspecified atom stereocenters. The maximum atomic E-state index is 11.7. The second-order valence-electron chi connectivity index (χ2n) is 5.95. The number of piperazine rings is 1. The number of carbonyl (C=O) groups excluding carboxylic acids is 1. The van der Waals surface area contributed by atoms with Gasteiger partial charge in [0.05, 0.1) is 6.54 Å². The Kier molecular flexibility index (Phi) is 6.21. The molecule has 0 saturated carbocycles. The Hall–Kier alpha value is -1.37. The quantitative estimate of drug-likeness (QED) is 0.841. The number of likely N-dealkylation sites (N-methyl/N-ethyl adjacent to an activating group) is 1. The molecule has 1 aromatic carbocycles. The smallest absolute Gasteiger partial charge is 0.236 e. The number of thiocarbonyl (C=S) groups is 1. The molecule has 0 bridgehead atoms. The van der Waals surface area contributed by atoms with Crippen LogP contribution in [0.3, 0.4) is 0 Å². The van der Waals surface area contributed by atoms with Crippen molar-refractivity contribution in [3.05, 3.63) is 28.8 Å². The Morgan fingerprint density at radius 3 is 2.52 bits per heavy atom. The molecule has 1 aliphatic rings. The highest BCUT2D eigenvalue weighted by Crippen LogP contribution is 2.20. The van der Waals surface area contributed by atoms with Gasteiger partial charge in [-0.2, -0.15) is 0 Å². The predicted octanol–water partition coefficient (Wildman–Crippen LogP) is 2.05. The van der Waals surface area contributed by atoms with E-state index in [4.69, 9.17) is 23.8 Å². The molecule has 2 rings (SSSR count). The Morgan fingerprint density at radius 1 is 1.30 bits per heavy atom. The van der Waals surface area contributed by atoms with Crippen LogP contribution in [0.1, 0.15) is 5.56 Å². The zero-order valence-corrected chi connectivity index (χ0v) is 15.4. The predicted molar refractivity (Wildman–Crippen MR) is 99.1 cm³/mol. The lowest BCUT2D eigenvalue weighted by molar-refractivity contribution is -0.130. The van der Waals surface area contributed by atoms with Crippen LogP contribution in [-0.4, -0.2) is 72.5 Å². The number of benzene rings is 1. The van der Waals surface area contributed by atoms with Crippen molar-refractivity contribution in [2.75, 3.05) is 52.1 Å². The van der Waals surface area contributed by atoms with Crippen molar-refractivity contribution in [2.45, 2.75) is 6.92 Å². The lowest BCUT2D eigenvalue weighted by Crippen LogP contribution is -2.51. The number of carbonyl (C=O) groups is 1. The number of halogens is 1. The van der Waals surface area contributed by atoms with Crippen LogP contribution in [0, 0.1) is 6.92 Å². The van der Waals surface area contributed by atoms with E-state index in [1.54, 1.807) is 19.0 Å². The summed E-state index contributed by atoms with van der Waals surface area (Å²) in [7, 11) is 3.56.